The van der Waals surface area contributed by atoms with Gasteiger partial charge in [0.1, 0.15) is 11.6 Å². The minimum Gasteiger partial charge on any atom is -0.399 e. The van der Waals surface area contributed by atoms with Crippen LogP contribution in [0.2, 0.25) is 0 Å². The Bertz CT molecular complexity index is 997. The van der Waals surface area contributed by atoms with E-state index in [1.54, 1.807) is 18.2 Å². The summed E-state index contributed by atoms with van der Waals surface area (Å²) in [5.41, 5.74) is 9.51. The highest BCUT2D eigenvalue weighted by molar-refractivity contribution is 5.58. The summed E-state index contributed by atoms with van der Waals surface area (Å²) in [5, 5.41) is 0. The predicted molar refractivity (Wildman–Crippen MR) is 98.9 cm³/mol. The van der Waals surface area contributed by atoms with Crippen molar-refractivity contribution in [2.24, 2.45) is 0 Å². The molecule has 2 aromatic carbocycles. The molecule has 0 radical (unpaired) electrons. The van der Waals surface area contributed by atoms with Crippen LogP contribution in [0.1, 0.15) is 16.8 Å². The average Bonchev–Trinajstić information content (AvgIpc) is 2.63. The highest BCUT2D eigenvalue weighted by Crippen LogP contribution is 2.21. The molecule has 132 valence electrons. The SMILES string of the molecule is Nc1ccc(-c2nc3c(c(=O)[nH]2)CN(Cc2cccc(F)c2)CC3)cc1. The molecule has 0 saturated heterocycles. The van der Waals surface area contributed by atoms with Crippen LogP contribution in [-0.4, -0.2) is 21.4 Å². The number of aromatic amines is 1. The molecule has 0 atom stereocenters. The molecule has 1 aliphatic heterocycles. The molecule has 1 aliphatic rings. The molecule has 0 bridgehead atoms. The smallest absolute Gasteiger partial charge is 0.255 e. The quantitative estimate of drug-likeness (QED) is 0.712. The van der Waals surface area contributed by atoms with E-state index < -0.39 is 0 Å². The second-order valence-corrected chi connectivity index (χ2v) is 6.55. The highest BCUT2D eigenvalue weighted by atomic mass is 19.1. The molecule has 0 saturated carbocycles. The Hall–Kier alpha value is -2.99. The first-order chi connectivity index (χ1) is 12.6. The van der Waals surface area contributed by atoms with Crippen molar-refractivity contribution in [2.45, 2.75) is 19.5 Å². The molecule has 6 heteroatoms. The molecule has 0 aliphatic carbocycles. The van der Waals surface area contributed by atoms with Gasteiger partial charge in [-0.25, -0.2) is 9.37 Å². The van der Waals surface area contributed by atoms with Crippen molar-refractivity contribution in [3.63, 3.8) is 0 Å². The molecule has 4 rings (SSSR count). The van der Waals surface area contributed by atoms with Crippen molar-refractivity contribution < 1.29 is 4.39 Å². The van der Waals surface area contributed by atoms with Crippen LogP contribution in [0.3, 0.4) is 0 Å². The first kappa shape index (κ1) is 16.5. The largest absolute Gasteiger partial charge is 0.399 e. The standard InChI is InChI=1S/C20H19FN4O/c21-15-3-1-2-13(10-15)11-25-9-8-18-17(12-25)20(26)24-19(23-18)14-4-6-16(22)7-5-14/h1-7,10H,8-9,11-12,22H2,(H,23,24,26). The van der Waals surface area contributed by atoms with E-state index in [0.717, 1.165) is 23.4 Å². The summed E-state index contributed by atoms with van der Waals surface area (Å²) in [6.07, 6.45) is 0.691. The molecule has 0 amide bonds. The van der Waals surface area contributed by atoms with Gasteiger partial charge in [0.15, 0.2) is 0 Å². The second kappa shape index (κ2) is 6.72. The molecule has 5 nitrogen and oxygen atoms in total. The lowest BCUT2D eigenvalue weighted by molar-refractivity contribution is 0.241. The van der Waals surface area contributed by atoms with Gasteiger partial charge in [-0.3, -0.25) is 9.69 Å². The van der Waals surface area contributed by atoms with Gasteiger partial charge in [0, 0.05) is 37.3 Å². The average molecular weight is 350 g/mol. The molecule has 26 heavy (non-hydrogen) atoms. The summed E-state index contributed by atoms with van der Waals surface area (Å²) in [7, 11) is 0. The van der Waals surface area contributed by atoms with E-state index in [1.807, 2.05) is 18.2 Å². The van der Waals surface area contributed by atoms with Gasteiger partial charge in [0.2, 0.25) is 0 Å². The van der Waals surface area contributed by atoms with Gasteiger partial charge in [0.25, 0.3) is 5.56 Å². The van der Waals surface area contributed by atoms with Crippen LogP contribution in [0.5, 0.6) is 0 Å². The normalized spacial score (nSPS) is 14.2. The summed E-state index contributed by atoms with van der Waals surface area (Å²) in [6, 6.07) is 13.8. The van der Waals surface area contributed by atoms with Crippen LogP contribution in [0.25, 0.3) is 11.4 Å². The number of aromatic nitrogens is 2. The fourth-order valence-electron chi connectivity index (χ4n) is 3.29. The third-order valence-corrected chi connectivity index (χ3v) is 4.63. The number of nitrogens with zero attached hydrogens (tertiary/aromatic N) is 2. The van der Waals surface area contributed by atoms with E-state index in [2.05, 4.69) is 14.9 Å². The van der Waals surface area contributed by atoms with Crippen LogP contribution in [0, 0.1) is 5.82 Å². The maximum absolute atomic E-state index is 13.4. The van der Waals surface area contributed by atoms with E-state index in [1.165, 1.54) is 12.1 Å². The van der Waals surface area contributed by atoms with Gasteiger partial charge in [-0.05, 0) is 42.0 Å². The van der Waals surface area contributed by atoms with Crippen molar-refractivity contribution in [2.75, 3.05) is 12.3 Å². The van der Waals surface area contributed by atoms with Crippen molar-refractivity contribution in [3.8, 4) is 11.4 Å². The van der Waals surface area contributed by atoms with Crippen LogP contribution in [0.15, 0.2) is 53.3 Å². The van der Waals surface area contributed by atoms with Gasteiger partial charge >= 0.3 is 0 Å². The summed E-state index contributed by atoms with van der Waals surface area (Å²) in [6.45, 7) is 1.90. The number of hydrogen-bond acceptors (Lipinski definition) is 4. The van der Waals surface area contributed by atoms with Crippen molar-refractivity contribution in [1.82, 2.24) is 14.9 Å². The minimum atomic E-state index is -0.243. The van der Waals surface area contributed by atoms with E-state index >= 15 is 0 Å². The zero-order valence-electron chi connectivity index (χ0n) is 14.2. The van der Waals surface area contributed by atoms with E-state index in [-0.39, 0.29) is 11.4 Å². The van der Waals surface area contributed by atoms with Crippen LogP contribution >= 0.6 is 0 Å². The van der Waals surface area contributed by atoms with E-state index in [9.17, 15) is 9.18 Å². The summed E-state index contributed by atoms with van der Waals surface area (Å²) < 4.78 is 13.4. The fraction of sp³-hybridized carbons (Fsp3) is 0.200. The van der Waals surface area contributed by atoms with Crippen molar-refractivity contribution in [1.29, 1.82) is 0 Å². The van der Waals surface area contributed by atoms with E-state index in [4.69, 9.17) is 5.73 Å². The van der Waals surface area contributed by atoms with Crippen molar-refractivity contribution in [3.05, 3.63) is 81.5 Å². The monoisotopic (exact) mass is 350 g/mol. The number of rotatable bonds is 3. The first-order valence-electron chi connectivity index (χ1n) is 8.53. The number of anilines is 1. The molecule has 1 aromatic heterocycles. The zero-order chi connectivity index (χ0) is 18.1. The highest BCUT2D eigenvalue weighted by Gasteiger charge is 2.21. The third kappa shape index (κ3) is 3.36. The van der Waals surface area contributed by atoms with Crippen LogP contribution in [0.4, 0.5) is 10.1 Å². The Morgan fingerprint density at radius 2 is 2.00 bits per heavy atom. The van der Waals surface area contributed by atoms with E-state index in [0.29, 0.717) is 36.6 Å². The first-order valence-corrected chi connectivity index (χ1v) is 8.53. The third-order valence-electron chi connectivity index (χ3n) is 4.63. The van der Waals surface area contributed by atoms with Gasteiger partial charge in [-0.2, -0.15) is 0 Å². The zero-order valence-corrected chi connectivity index (χ0v) is 14.2. The lowest BCUT2D eigenvalue weighted by Crippen LogP contribution is -2.35. The lowest BCUT2D eigenvalue weighted by atomic mass is 10.1. The molecule has 3 aromatic rings. The Morgan fingerprint density at radius 1 is 1.19 bits per heavy atom. The Balaban J connectivity index is 1.58. The van der Waals surface area contributed by atoms with Gasteiger partial charge in [-0.15, -0.1) is 0 Å². The summed E-state index contributed by atoms with van der Waals surface area (Å²) >= 11 is 0. The molecule has 3 N–H and O–H groups in total. The fourth-order valence-corrected chi connectivity index (χ4v) is 3.29. The summed E-state index contributed by atoms with van der Waals surface area (Å²) in [5.74, 6) is 0.319. The number of nitrogens with one attached hydrogen (secondary N) is 1. The van der Waals surface area contributed by atoms with Crippen LogP contribution < -0.4 is 11.3 Å². The number of H-pyrrole nitrogens is 1. The van der Waals surface area contributed by atoms with Crippen LogP contribution in [-0.2, 0) is 19.5 Å². The summed E-state index contributed by atoms with van der Waals surface area (Å²) in [4.78, 5) is 22.2. The lowest BCUT2D eigenvalue weighted by Gasteiger charge is -2.27. The number of halogens is 1. The predicted octanol–water partition coefficient (Wildman–Crippen LogP) is 2.72. The molecule has 0 spiro atoms. The molecular formula is C20H19FN4O. The van der Waals surface area contributed by atoms with Crippen molar-refractivity contribution >= 4 is 5.69 Å². The minimum absolute atomic E-state index is 0.120. The maximum Gasteiger partial charge on any atom is 0.255 e. The number of fused-ring (bicyclic) bond motifs is 1. The van der Waals surface area contributed by atoms with Gasteiger partial charge in [-0.1, -0.05) is 12.1 Å². The van der Waals surface area contributed by atoms with Gasteiger partial charge < -0.3 is 10.7 Å². The Kier molecular flexibility index (Phi) is 4.26. The molecule has 0 unspecified atom stereocenters. The molecule has 2 heterocycles. The Labute approximate surface area is 150 Å². The maximum atomic E-state index is 13.4. The number of hydrogen-bond donors (Lipinski definition) is 2. The number of nitrogen functional groups attached to an aromatic ring is 1. The number of nitrogens with two attached hydrogens (primary N) is 1. The molecule has 0 fully saturated rings. The second-order valence-electron chi connectivity index (χ2n) is 6.55. The Morgan fingerprint density at radius 3 is 2.77 bits per heavy atom. The topological polar surface area (TPSA) is 75.0 Å². The van der Waals surface area contributed by atoms with Gasteiger partial charge in [0.05, 0.1) is 11.3 Å². The number of benzene rings is 2. The molecular weight excluding hydrogens is 331 g/mol.